The maximum Gasteiger partial charge on any atom is 0.354 e. The molecular weight excluding hydrogens is 232 g/mol. The van der Waals surface area contributed by atoms with E-state index in [0.717, 1.165) is 10.9 Å². The number of carbonyl (C=O) groups excluding carboxylic acids is 2. The van der Waals surface area contributed by atoms with E-state index < -0.39 is 0 Å². The van der Waals surface area contributed by atoms with E-state index in [0.29, 0.717) is 18.0 Å². The van der Waals surface area contributed by atoms with Crippen molar-refractivity contribution in [1.29, 1.82) is 0 Å². The first-order valence-corrected chi connectivity index (χ1v) is 5.67. The van der Waals surface area contributed by atoms with Crippen LogP contribution in [0, 0.1) is 0 Å². The number of rotatable bonds is 3. The van der Waals surface area contributed by atoms with Crippen LogP contribution >= 0.6 is 0 Å². The zero-order valence-electron chi connectivity index (χ0n) is 10.2. The Bertz CT molecular complexity index is 601. The number of fused-ring (bicyclic) bond motifs is 1. The standard InChI is InChI=1S/C13H14N2O3/c1-3-18-13(17)12-6-9-4-5-10(14-8(2)16)7-11(9)15-12/h4-7,15H,3H2,1-2H3,(H,14,16). The number of aromatic amines is 1. The summed E-state index contributed by atoms with van der Waals surface area (Å²) in [6.45, 7) is 3.55. The molecule has 1 aromatic heterocycles. The van der Waals surface area contributed by atoms with Crippen LogP contribution in [0.15, 0.2) is 24.3 Å². The Morgan fingerprint density at radius 3 is 2.78 bits per heavy atom. The summed E-state index contributed by atoms with van der Waals surface area (Å²) in [7, 11) is 0. The van der Waals surface area contributed by atoms with E-state index >= 15 is 0 Å². The van der Waals surface area contributed by atoms with Gasteiger partial charge in [-0.05, 0) is 25.1 Å². The van der Waals surface area contributed by atoms with Crippen LogP contribution in [0.1, 0.15) is 24.3 Å². The van der Waals surface area contributed by atoms with Crippen molar-refractivity contribution in [3.63, 3.8) is 0 Å². The van der Waals surface area contributed by atoms with Crippen LogP contribution in [-0.4, -0.2) is 23.5 Å². The number of nitrogens with one attached hydrogen (secondary N) is 2. The highest BCUT2D eigenvalue weighted by atomic mass is 16.5. The van der Waals surface area contributed by atoms with Gasteiger partial charge in [-0.2, -0.15) is 0 Å². The van der Waals surface area contributed by atoms with Gasteiger partial charge in [-0.15, -0.1) is 0 Å². The van der Waals surface area contributed by atoms with Gasteiger partial charge in [0.2, 0.25) is 5.91 Å². The van der Waals surface area contributed by atoms with Gasteiger partial charge >= 0.3 is 5.97 Å². The lowest BCUT2D eigenvalue weighted by molar-refractivity contribution is -0.114. The highest BCUT2D eigenvalue weighted by molar-refractivity contribution is 5.97. The molecule has 0 radical (unpaired) electrons. The summed E-state index contributed by atoms with van der Waals surface area (Å²) in [6, 6.07) is 7.12. The van der Waals surface area contributed by atoms with E-state index in [1.165, 1.54) is 6.92 Å². The third kappa shape index (κ3) is 2.51. The Hall–Kier alpha value is -2.30. The molecule has 1 aromatic carbocycles. The van der Waals surface area contributed by atoms with Gasteiger partial charge in [0, 0.05) is 23.5 Å². The van der Waals surface area contributed by atoms with Gasteiger partial charge < -0.3 is 15.0 Å². The summed E-state index contributed by atoms with van der Waals surface area (Å²) in [4.78, 5) is 25.5. The summed E-state index contributed by atoms with van der Waals surface area (Å²) in [5.74, 6) is -0.513. The average Bonchev–Trinajstić information content (AvgIpc) is 2.71. The number of carbonyl (C=O) groups is 2. The van der Waals surface area contributed by atoms with Crippen molar-refractivity contribution in [3.05, 3.63) is 30.0 Å². The third-order valence-electron chi connectivity index (χ3n) is 2.44. The maximum absolute atomic E-state index is 11.6. The van der Waals surface area contributed by atoms with E-state index in [4.69, 9.17) is 4.74 Å². The van der Waals surface area contributed by atoms with E-state index in [-0.39, 0.29) is 11.9 Å². The molecule has 2 rings (SSSR count). The molecule has 0 saturated carbocycles. The highest BCUT2D eigenvalue weighted by Crippen LogP contribution is 2.20. The fourth-order valence-corrected chi connectivity index (χ4v) is 1.73. The fourth-order valence-electron chi connectivity index (χ4n) is 1.73. The van der Waals surface area contributed by atoms with Crippen LogP contribution in [0.4, 0.5) is 5.69 Å². The fraction of sp³-hybridized carbons (Fsp3) is 0.231. The largest absolute Gasteiger partial charge is 0.461 e. The van der Waals surface area contributed by atoms with Crippen LogP contribution < -0.4 is 5.32 Å². The average molecular weight is 246 g/mol. The number of hydrogen-bond acceptors (Lipinski definition) is 3. The monoisotopic (exact) mass is 246 g/mol. The van der Waals surface area contributed by atoms with E-state index in [1.54, 1.807) is 25.1 Å². The van der Waals surface area contributed by atoms with E-state index in [2.05, 4.69) is 10.3 Å². The lowest BCUT2D eigenvalue weighted by Crippen LogP contribution is -2.05. The lowest BCUT2D eigenvalue weighted by atomic mass is 10.2. The van der Waals surface area contributed by atoms with Gasteiger partial charge in [0.05, 0.1) is 6.61 Å². The Morgan fingerprint density at radius 2 is 2.11 bits per heavy atom. The summed E-state index contributed by atoms with van der Waals surface area (Å²) >= 11 is 0. The van der Waals surface area contributed by atoms with Gasteiger partial charge in [-0.3, -0.25) is 4.79 Å². The molecule has 0 saturated heterocycles. The molecule has 5 heteroatoms. The van der Waals surface area contributed by atoms with Gasteiger partial charge in [0.25, 0.3) is 0 Å². The minimum absolute atomic E-state index is 0.133. The Kier molecular flexibility index (Phi) is 3.32. The van der Waals surface area contributed by atoms with Crippen LogP contribution in [0.2, 0.25) is 0 Å². The van der Waals surface area contributed by atoms with Crippen molar-refractivity contribution in [2.45, 2.75) is 13.8 Å². The molecule has 1 heterocycles. The smallest absolute Gasteiger partial charge is 0.354 e. The molecular formula is C13H14N2O3. The van der Waals surface area contributed by atoms with Gasteiger partial charge in [-0.25, -0.2) is 4.79 Å². The molecule has 0 unspecified atom stereocenters. The van der Waals surface area contributed by atoms with Crippen molar-refractivity contribution >= 4 is 28.5 Å². The number of benzene rings is 1. The SMILES string of the molecule is CCOC(=O)c1cc2ccc(NC(C)=O)cc2[nH]1. The first kappa shape index (κ1) is 12.2. The molecule has 94 valence electrons. The topological polar surface area (TPSA) is 71.2 Å². The molecule has 0 bridgehead atoms. The molecule has 5 nitrogen and oxygen atoms in total. The van der Waals surface area contributed by atoms with Crippen molar-refractivity contribution in [3.8, 4) is 0 Å². The lowest BCUT2D eigenvalue weighted by Gasteiger charge is -2.00. The van der Waals surface area contributed by atoms with Gasteiger partial charge in [0.15, 0.2) is 0 Å². The second kappa shape index (κ2) is 4.91. The van der Waals surface area contributed by atoms with Crippen molar-refractivity contribution in [1.82, 2.24) is 4.98 Å². The van der Waals surface area contributed by atoms with Crippen molar-refractivity contribution in [2.75, 3.05) is 11.9 Å². The van der Waals surface area contributed by atoms with E-state index in [9.17, 15) is 9.59 Å². The predicted molar refractivity (Wildman–Crippen MR) is 68.6 cm³/mol. The normalized spacial score (nSPS) is 10.3. The first-order valence-electron chi connectivity index (χ1n) is 5.67. The number of anilines is 1. The molecule has 0 atom stereocenters. The van der Waals surface area contributed by atoms with Crippen molar-refractivity contribution in [2.24, 2.45) is 0 Å². The highest BCUT2D eigenvalue weighted by Gasteiger charge is 2.10. The number of amides is 1. The minimum Gasteiger partial charge on any atom is -0.461 e. The molecule has 2 aromatic rings. The summed E-state index contributed by atoms with van der Waals surface area (Å²) in [6.07, 6.45) is 0. The predicted octanol–water partition coefficient (Wildman–Crippen LogP) is 2.30. The zero-order valence-corrected chi connectivity index (χ0v) is 10.2. The number of H-pyrrole nitrogens is 1. The molecule has 1 amide bonds. The number of esters is 1. The number of hydrogen-bond donors (Lipinski definition) is 2. The maximum atomic E-state index is 11.6. The Morgan fingerprint density at radius 1 is 1.33 bits per heavy atom. The molecule has 0 aliphatic rings. The molecule has 0 spiro atoms. The molecule has 18 heavy (non-hydrogen) atoms. The van der Waals surface area contributed by atoms with Crippen LogP contribution in [0.5, 0.6) is 0 Å². The van der Waals surface area contributed by atoms with Crippen LogP contribution in [-0.2, 0) is 9.53 Å². The second-order valence-electron chi connectivity index (χ2n) is 3.89. The molecule has 0 fully saturated rings. The van der Waals surface area contributed by atoms with Crippen molar-refractivity contribution < 1.29 is 14.3 Å². The first-order chi connectivity index (χ1) is 8.60. The van der Waals surface area contributed by atoms with Gasteiger partial charge in [0.1, 0.15) is 5.69 Å². The molecule has 0 aliphatic heterocycles. The van der Waals surface area contributed by atoms with Crippen LogP contribution in [0.3, 0.4) is 0 Å². The third-order valence-corrected chi connectivity index (χ3v) is 2.44. The number of ether oxygens (including phenoxy) is 1. The van der Waals surface area contributed by atoms with E-state index in [1.807, 2.05) is 6.07 Å². The Balaban J connectivity index is 2.33. The summed E-state index contributed by atoms with van der Waals surface area (Å²) in [5.41, 5.74) is 1.88. The molecule has 2 N–H and O–H groups in total. The summed E-state index contributed by atoms with van der Waals surface area (Å²) in [5, 5.41) is 3.58. The molecule has 0 aliphatic carbocycles. The van der Waals surface area contributed by atoms with Gasteiger partial charge in [-0.1, -0.05) is 6.07 Å². The second-order valence-corrected chi connectivity index (χ2v) is 3.89. The summed E-state index contributed by atoms with van der Waals surface area (Å²) < 4.78 is 4.91. The zero-order chi connectivity index (χ0) is 13.1. The minimum atomic E-state index is -0.380. The Labute approximate surface area is 104 Å². The quantitative estimate of drug-likeness (QED) is 0.816. The van der Waals surface area contributed by atoms with Crippen LogP contribution in [0.25, 0.3) is 10.9 Å². The number of aromatic nitrogens is 1.